The van der Waals surface area contributed by atoms with Crippen LogP contribution < -0.4 is 14.2 Å². The number of rotatable bonds is 8. The van der Waals surface area contributed by atoms with Crippen LogP contribution in [0.1, 0.15) is 12.8 Å². The molecule has 0 aromatic heterocycles. The van der Waals surface area contributed by atoms with Gasteiger partial charge in [0.05, 0.1) is 18.8 Å². The molecule has 0 spiro atoms. The third kappa shape index (κ3) is 6.60. The van der Waals surface area contributed by atoms with Gasteiger partial charge in [0.15, 0.2) is 0 Å². The molecule has 0 amide bonds. The van der Waals surface area contributed by atoms with E-state index in [1.54, 1.807) is 91.0 Å². The zero-order valence-corrected chi connectivity index (χ0v) is 16.1. The van der Waals surface area contributed by atoms with Gasteiger partial charge in [-0.3, -0.25) is 14.4 Å². The highest BCUT2D eigenvalue weighted by molar-refractivity contribution is 5.86. The highest BCUT2D eigenvalue weighted by Gasteiger charge is 2.28. The second kappa shape index (κ2) is 10.6. The maximum Gasteiger partial charge on any atom is 0.315 e. The first-order valence-electron chi connectivity index (χ1n) is 9.38. The first-order chi connectivity index (χ1) is 14.6. The molecule has 0 saturated heterocycles. The van der Waals surface area contributed by atoms with Crippen molar-refractivity contribution in [1.82, 2.24) is 0 Å². The highest BCUT2D eigenvalue weighted by Crippen LogP contribution is 2.19. The van der Waals surface area contributed by atoms with Gasteiger partial charge in [0, 0.05) is 0 Å². The van der Waals surface area contributed by atoms with Crippen LogP contribution in [0.3, 0.4) is 0 Å². The molecule has 0 aliphatic rings. The number of hydrogen-bond donors (Lipinski definition) is 0. The van der Waals surface area contributed by atoms with Gasteiger partial charge < -0.3 is 14.2 Å². The Balaban J connectivity index is 1.67. The van der Waals surface area contributed by atoms with E-state index >= 15 is 0 Å². The predicted octanol–water partition coefficient (Wildman–Crippen LogP) is 4.20. The number of benzene rings is 3. The lowest BCUT2D eigenvalue weighted by Gasteiger charge is -2.15. The molecule has 6 heteroatoms. The molecule has 0 bridgehead atoms. The summed E-state index contributed by atoms with van der Waals surface area (Å²) >= 11 is 0. The molecule has 0 saturated carbocycles. The fourth-order valence-corrected chi connectivity index (χ4v) is 2.65. The minimum Gasteiger partial charge on any atom is -0.427 e. The average molecular weight is 404 g/mol. The van der Waals surface area contributed by atoms with Crippen LogP contribution in [-0.2, 0) is 14.4 Å². The van der Waals surface area contributed by atoms with E-state index in [9.17, 15) is 14.4 Å². The minimum atomic E-state index is -1.06. The third-order valence-corrected chi connectivity index (χ3v) is 4.07. The van der Waals surface area contributed by atoms with E-state index in [1.165, 1.54) is 0 Å². The molecule has 0 atom stereocenters. The van der Waals surface area contributed by atoms with E-state index in [0.29, 0.717) is 17.2 Å². The molecule has 0 fully saturated rings. The summed E-state index contributed by atoms with van der Waals surface area (Å²) in [6, 6.07) is 25.4. The molecule has 30 heavy (non-hydrogen) atoms. The molecule has 3 rings (SSSR count). The van der Waals surface area contributed by atoms with Gasteiger partial charge in [-0.25, -0.2) is 0 Å². The Morgan fingerprint density at radius 1 is 0.533 bits per heavy atom. The zero-order chi connectivity index (χ0) is 21.2. The summed E-state index contributed by atoms with van der Waals surface area (Å²) in [7, 11) is 0. The average Bonchev–Trinajstić information content (AvgIpc) is 2.75. The lowest BCUT2D eigenvalue weighted by molar-refractivity contribution is -0.149. The summed E-state index contributed by atoms with van der Waals surface area (Å²) in [5, 5.41) is 0. The molecule has 0 aliphatic heterocycles. The molecule has 0 unspecified atom stereocenters. The normalized spacial score (nSPS) is 10.3. The molecular weight excluding hydrogens is 384 g/mol. The van der Waals surface area contributed by atoms with Crippen molar-refractivity contribution in [2.75, 3.05) is 0 Å². The quantitative estimate of drug-likeness (QED) is 0.414. The Bertz CT molecular complexity index is 915. The van der Waals surface area contributed by atoms with Gasteiger partial charge in [0.1, 0.15) is 17.2 Å². The summed E-state index contributed by atoms with van der Waals surface area (Å²) < 4.78 is 15.8. The maximum absolute atomic E-state index is 12.7. The predicted molar refractivity (Wildman–Crippen MR) is 109 cm³/mol. The summed E-state index contributed by atoms with van der Waals surface area (Å²) in [5.74, 6) is -2.05. The molecule has 152 valence electrons. The lowest BCUT2D eigenvalue weighted by Crippen LogP contribution is -2.28. The van der Waals surface area contributed by atoms with Gasteiger partial charge in [0.25, 0.3) is 0 Å². The monoisotopic (exact) mass is 404 g/mol. The smallest absolute Gasteiger partial charge is 0.315 e. The van der Waals surface area contributed by atoms with Crippen LogP contribution in [0.25, 0.3) is 0 Å². The second-order valence-corrected chi connectivity index (χ2v) is 6.41. The van der Waals surface area contributed by atoms with Crippen LogP contribution in [0, 0.1) is 5.92 Å². The lowest BCUT2D eigenvalue weighted by atomic mass is 10.0. The van der Waals surface area contributed by atoms with E-state index < -0.39 is 23.8 Å². The first-order valence-corrected chi connectivity index (χ1v) is 9.38. The fourth-order valence-electron chi connectivity index (χ4n) is 2.65. The molecule has 3 aromatic rings. The van der Waals surface area contributed by atoms with Gasteiger partial charge in [-0.15, -0.1) is 0 Å². The highest BCUT2D eigenvalue weighted by atomic mass is 16.5. The summed E-state index contributed by atoms with van der Waals surface area (Å²) in [5.41, 5.74) is 0. The van der Waals surface area contributed by atoms with Gasteiger partial charge in [0.2, 0.25) is 0 Å². The largest absolute Gasteiger partial charge is 0.427 e. The molecule has 0 radical (unpaired) electrons. The van der Waals surface area contributed by atoms with Crippen molar-refractivity contribution in [3.63, 3.8) is 0 Å². The fraction of sp³-hybridized carbons (Fsp3) is 0.125. The van der Waals surface area contributed by atoms with Crippen molar-refractivity contribution in [1.29, 1.82) is 0 Å². The number of carbonyl (C=O) groups is 3. The Kier molecular flexibility index (Phi) is 7.33. The minimum absolute atomic E-state index is 0.320. The second-order valence-electron chi connectivity index (χ2n) is 6.41. The van der Waals surface area contributed by atoms with Crippen molar-refractivity contribution in [3.05, 3.63) is 91.0 Å². The Labute approximate surface area is 174 Å². The van der Waals surface area contributed by atoms with E-state index in [0.717, 1.165) is 0 Å². The number of para-hydroxylation sites is 3. The molecule has 0 aliphatic carbocycles. The maximum atomic E-state index is 12.7. The van der Waals surface area contributed by atoms with E-state index in [2.05, 4.69) is 0 Å². The van der Waals surface area contributed by atoms with E-state index in [-0.39, 0.29) is 12.8 Å². The number of ether oxygens (including phenoxy) is 3. The van der Waals surface area contributed by atoms with E-state index in [1.807, 2.05) is 0 Å². The summed E-state index contributed by atoms with van der Waals surface area (Å²) in [6.45, 7) is 0. The van der Waals surface area contributed by atoms with Crippen molar-refractivity contribution in [2.45, 2.75) is 12.8 Å². The van der Waals surface area contributed by atoms with Crippen LogP contribution in [0.4, 0.5) is 0 Å². The summed E-state index contributed by atoms with van der Waals surface area (Å²) in [4.78, 5) is 37.3. The van der Waals surface area contributed by atoms with Crippen molar-refractivity contribution < 1.29 is 28.6 Å². The van der Waals surface area contributed by atoms with Crippen molar-refractivity contribution in [2.24, 2.45) is 5.92 Å². The van der Waals surface area contributed by atoms with E-state index in [4.69, 9.17) is 14.2 Å². The zero-order valence-electron chi connectivity index (χ0n) is 16.1. The number of hydrogen-bond acceptors (Lipinski definition) is 6. The van der Waals surface area contributed by atoms with Gasteiger partial charge in [-0.2, -0.15) is 0 Å². The van der Waals surface area contributed by atoms with Crippen LogP contribution in [0.2, 0.25) is 0 Å². The van der Waals surface area contributed by atoms with Crippen LogP contribution in [0.15, 0.2) is 91.0 Å². The van der Waals surface area contributed by atoms with Crippen LogP contribution in [-0.4, -0.2) is 17.9 Å². The van der Waals surface area contributed by atoms with Crippen molar-refractivity contribution >= 4 is 17.9 Å². The molecule has 0 N–H and O–H groups in total. The standard InChI is InChI=1S/C24H20O6/c25-22(28-19-10-4-1-5-11-19)16-18(24(27)30-21-14-8-3-9-15-21)17-23(26)29-20-12-6-2-7-13-20/h1-15,18H,16-17H2. The van der Waals surface area contributed by atoms with Gasteiger partial charge in [-0.1, -0.05) is 54.6 Å². The number of esters is 3. The summed E-state index contributed by atoms with van der Waals surface area (Å²) in [6.07, 6.45) is -0.658. The number of carbonyl (C=O) groups excluding carboxylic acids is 3. The van der Waals surface area contributed by atoms with Crippen LogP contribution >= 0.6 is 0 Å². The Morgan fingerprint density at radius 2 is 0.867 bits per heavy atom. The van der Waals surface area contributed by atoms with Crippen LogP contribution in [0.5, 0.6) is 17.2 Å². The SMILES string of the molecule is O=C(CC(CC(=O)Oc1ccccc1)C(=O)Oc1ccccc1)Oc1ccccc1. The molecular formula is C24H20O6. The van der Waals surface area contributed by atoms with Crippen molar-refractivity contribution in [3.8, 4) is 17.2 Å². The first kappa shape index (κ1) is 20.8. The molecule has 6 nitrogen and oxygen atoms in total. The molecule has 0 heterocycles. The van der Waals surface area contributed by atoms with Gasteiger partial charge >= 0.3 is 17.9 Å². The Morgan fingerprint density at radius 3 is 1.23 bits per heavy atom. The Hall–Kier alpha value is -3.93. The third-order valence-electron chi connectivity index (χ3n) is 4.07. The molecule has 3 aromatic carbocycles. The van der Waals surface area contributed by atoms with Gasteiger partial charge in [-0.05, 0) is 36.4 Å². The topological polar surface area (TPSA) is 78.9 Å².